The van der Waals surface area contributed by atoms with Crippen LogP contribution in [0, 0.1) is 0 Å². The molecule has 0 saturated heterocycles. The van der Waals surface area contributed by atoms with Crippen molar-refractivity contribution < 1.29 is 4.42 Å². The van der Waals surface area contributed by atoms with Gasteiger partial charge in [0.15, 0.2) is 11.4 Å². The lowest BCUT2D eigenvalue weighted by molar-refractivity contribution is 0.606. The number of nitrogens with one attached hydrogen (secondary N) is 1. The van der Waals surface area contributed by atoms with Crippen LogP contribution < -0.4 is 5.43 Å². The highest BCUT2D eigenvalue weighted by atomic mass is 16.3. The predicted molar refractivity (Wildman–Crippen MR) is 92.7 cm³/mol. The molecule has 0 unspecified atom stereocenters. The molecule has 1 aliphatic carbocycles. The average Bonchev–Trinajstić information content (AvgIpc) is 2.93. The zero-order valence-corrected chi connectivity index (χ0v) is 13.1. The van der Waals surface area contributed by atoms with Gasteiger partial charge in [0.2, 0.25) is 0 Å². The van der Waals surface area contributed by atoms with Crippen LogP contribution in [0.25, 0.3) is 22.1 Å². The van der Waals surface area contributed by atoms with Gasteiger partial charge < -0.3 is 4.42 Å². The highest BCUT2D eigenvalue weighted by molar-refractivity contribution is 6.05. The van der Waals surface area contributed by atoms with E-state index >= 15 is 0 Å². The van der Waals surface area contributed by atoms with E-state index in [1.165, 1.54) is 37.8 Å². The van der Waals surface area contributed by atoms with Gasteiger partial charge in [-0.2, -0.15) is 5.10 Å². The lowest BCUT2D eigenvalue weighted by Crippen LogP contribution is -2.06. The summed E-state index contributed by atoms with van der Waals surface area (Å²) < 4.78 is 5.91. The molecular formula is C18H20N4O. The summed E-state index contributed by atoms with van der Waals surface area (Å²) in [4.78, 5) is 8.66. The summed E-state index contributed by atoms with van der Waals surface area (Å²) in [6.45, 7) is 0. The zero-order valence-electron chi connectivity index (χ0n) is 13.1. The standard InChI is InChI=1S/C18H20N4O/c1-2-4-8-13(9-5-3-1)21-22-18-17-16(19-12-20-18)14-10-6-7-11-15(14)23-17/h6-7,10-12H,1-5,8-9H2,(H,19,20,22). The summed E-state index contributed by atoms with van der Waals surface area (Å²) in [5, 5.41) is 5.60. The van der Waals surface area contributed by atoms with E-state index in [4.69, 9.17) is 4.42 Å². The number of nitrogens with zero attached hydrogens (tertiary/aromatic N) is 3. The van der Waals surface area contributed by atoms with Crippen molar-refractivity contribution >= 4 is 33.6 Å². The van der Waals surface area contributed by atoms with Crippen molar-refractivity contribution in [2.45, 2.75) is 44.9 Å². The van der Waals surface area contributed by atoms with Gasteiger partial charge in [-0.25, -0.2) is 9.97 Å². The molecule has 0 amide bonds. The van der Waals surface area contributed by atoms with E-state index in [-0.39, 0.29) is 0 Å². The van der Waals surface area contributed by atoms with E-state index in [0.717, 1.165) is 29.3 Å². The predicted octanol–water partition coefficient (Wildman–Crippen LogP) is 4.89. The molecular weight excluding hydrogens is 288 g/mol. The second-order valence-corrected chi connectivity index (χ2v) is 6.06. The van der Waals surface area contributed by atoms with Crippen molar-refractivity contribution in [2.24, 2.45) is 5.10 Å². The quantitative estimate of drug-likeness (QED) is 0.685. The Morgan fingerprint density at radius 1 is 0.957 bits per heavy atom. The third kappa shape index (κ3) is 2.91. The Morgan fingerprint density at radius 3 is 2.61 bits per heavy atom. The first-order valence-corrected chi connectivity index (χ1v) is 8.35. The monoisotopic (exact) mass is 308 g/mol. The first kappa shape index (κ1) is 14.2. The maximum atomic E-state index is 5.91. The molecule has 5 nitrogen and oxygen atoms in total. The number of hydrogen-bond donors (Lipinski definition) is 1. The molecule has 1 fully saturated rings. The number of rotatable bonds is 2. The fourth-order valence-corrected chi connectivity index (χ4v) is 3.16. The molecule has 1 aromatic carbocycles. The van der Waals surface area contributed by atoms with Gasteiger partial charge in [-0.3, -0.25) is 5.43 Å². The van der Waals surface area contributed by atoms with Gasteiger partial charge in [-0.1, -0.05) is 31.4 Å². The van der Waals surface area contributed by atoms with Gasteiger partial charge in [-0.15, -0.1) is 0 Å². The molecule has 3 aromatic rings. The zero-order chi connectivity index (χ0) is 15.5. The minimum Gasteiger partial charge on any atom is -0.450 e. The molecule has 23 heavy (non-hydrogen) atoms. The van der Waals surface area contributed by atoms with E-state index in [1.54, 1.807) is 6.33 Å². The molecule has 1 saturated carbocycles. The van der Waals surface area contributed by atoms with Crippen LogP contribution in [-0.2, 0) is 0 Å². The number of aromatic nitrogens is 2. The summed E-state index contributed by atoms with van der Waals surface area (Å²) in [5.74, 6) is 0.640. The first-order chi connectivity index (χ1) is 11.4. The van der Waals surface area contributed by atoms with Crippen LogP contribution in [-0.4, -0.2) is 15.7 Å². The Balaban J connectivity index is 1.66. The van der Waals surface area contributed by atoms with Crippen LogP contribution in [0.3, 0.4) is 0 Å². The van der Waals surface area contributed by atoms with Crippen LogP contribution in [0.15, 0.2) is 40.1 Å². The minimum atomic E-state index is 0.640. The number of hydrazone groups is 1. The number of fused-ring (bicyclic) bond motifs is 3. The van der Waals surface area contributed by atoms with Gasteiger partial charge in [-0.05, 0) is 37.8 Å². The van der Waals surface area contributed by atoms with Gasteiger partial charge >= 0.3 is 0 Å². The van der Waals surface area contributed by atoms with E-state index < -0.39 is 0 Å². The number of benzene rings is 1. The second kappa shape index (κ2) is 6.36. The van der Waals surface area contributed by atoms with Gasteiger partial charge in [0.05, 0.1) is 0 Å². The van der Waals surface area contributed by atoms with Gasteiger partial charge in [0.1, 0.15) is 17.4 Å². The molecule has 5 heteroatoms. The summed E-state index contributed by atoms with van der Waals surface area (Å²) in [6, 6.07) is 7.90. The average molecular weight is 308 g/mol. The Bertz CT molecular complexity index is 842. The second-order valence-electron chi connectivity index (χ2n) is 6.06. The van der Waals surface area contributed by atoms with Crippen LogP contribution in [0.1, 0.15) is 44.9 Å². The molecule has 2 aromatic heterocycles. The molecule has 0 atom stereocenters. The lowest BCUT2D eigenvalue weighted by atomic mass is 9.99. The molecule has 0 radical (unpaired) electrons. The fraction of sp³-hybridized carbons (Fsp3) is 0.389. The Labute approximate surface area is 134 Å². The SMILES string of the molecule is c1ccc2c(c1)oc1c(NN=C3CCCCCCC3)ncnc12. The van der Waals surface area contributed by atoms with Crippen molar-refractivity contribution in [3.8, 4) is 0 Å². The number of para-hydroxylation sites is 1. The molecule has 1 N–H and O–H groups in total. The van der Waals surface area contributed by atoms with Crippen molar-refractivity contribution in [3.05, 3.63) is 30.6 Å². The molecule has 0 spiro atoms. The van der Waals surface area contributed by atoms with Crippen LogP contribution >= 0.6 is 0 Å². The molecule has 0 bridgehead atoms. The van der Waals surface area contributed by atoms with Crippen LogP contribution in [0.5, 0.6) is 0 Å². The maximum Gasteiger partial charge on any atom is 0.197 e. The first-order valence-electron chi connectivity index (χ1n) is 8.35. The van der Waals surface area contributed by atoms with E-state index in [2.05, 4.69) is 20.5 Å². The number of anilines is 1. The van der Waals surface area contributed by atoms with E-state index in [1.807, 2.05) is 24.3 Å². The Morgan fingerprint density at radius 2 is 1.74 bits per heavy atom. The summed E-state index contributed by atoms with van der Waals surface area (Å²) in [5.41, 5.74) is 6.66. The third-order valence-electron chi connectivity index (χ3n) is 4.41. The minimum absolute atomic E-state index is 0.640. The summed E-state index contributed by atoms with van der Waals surface area (Å²) in [7, 11) is 0. The fourth-order valence-electron chi connectivity index (χ4n) is 3.16. The number of furan rings is 1. The molecule has 118 valence electrons. The van der Waals surface area contributed by atoms with E-state index in [9.17, 15) is 0 Å². The van der Waals surface area contributed by atoms with E-state index in [0.29, 0.717) is 11.4 Å². The van der Waals surface area contributed by atoms with Crippen molar-refractivity contribution in [1.29, 1.82) is 0 Å². The van der Waals surface area contributed by atoms with Crippen LogP contribution in [0.2, 0.25) is 0 Å². The highest BCUT2D eigenvalue weighted by Gasteiger charge is 2.12. The molecule has 4 rings (SSSR count). The largest absolute Gasteiger partial charge is 0.450 e. The molecule has 2 heterocycles. The lowest BCUT2D eigenvalue weighted by Gasteiger charge is -2.11. The van der Waals surface area contributed by atoms with Crippen molar-refractivity contribution in [1.82, 2.24) is 9.97 Å². The molecule has 1 aliphatic rings. The Kier molecular flexibility index (Phi) is 3.92. The van der Waals surface area contributed by atoms with Gasteiger partial charge in [0.25, 0.3) is 0 Å². The topological polar surface area (TPSA) is 63.3 Å². The van der Waals surface area contributed by atoms with Crippen LogP contribution in [0.4, 0.5) is 5.82 Å². The molecule has 0 aliphatic heterocycles. The third-order valence-corrected chi connectivity index (χ3v) is 4.41. The summed E-state index contributed by atoms with van der Waals surface area (Å²) >= 11 is 0. The Hall–Kier alpha value is -2.43. The number of hydrogen-bond acceptors (Lipinski definition) is 5. The van der Waals surface area contributed by atoms with Crippen molar-refractivity contribution in [2.75, 3.05) is 5.43 Å². The smallest absolute Gasteiger partial charge is 0.197 e. The maximum absolute atomic E-state index is 5.91. The van der Waals surface area contributed by atoms with Gasteiger partial charge in [0, 0.05) is 11.1 Å². The normalized spacial score (nSPS) is 16.3. The highest BCUT2D eigenvalue weighted by Crippen LogP contribution is 2.30. The van der Waals surface area contributed by atoms with Crippen molar-refractivity contribution in [3.63, 3.8) is 0 Å². The summed E-state index contributed by atoms with van der Waals surface area (Å²) in [6.07, 6.45) is 10.1.